The van der Waals surface area contributed by atoms with Crippen LogP contribution in [-0.4, -0.2) is 35.3 Å². The largest absolute Gasteiger partial charge is 0.493 e. The molecule has 1 aromatic heterocycles. The van der Waals surface area contributed by atoms with Gasteiger partial charge in [-0.1, -0.05) is 12.1 Å². The number of imidazole rings is 1. The van der Waals surface area contributed by atoms with Gasteiger partial charge in [-0.3, -0.25) is 9.52 Å². The molecular formula is C23H20N4O4S. The number of amides is 2. The SMILES string of the molecule is COc1ccc(C(=O)SNC(=O)Nc2ccc(-c3nc4ccccc4[nH]3)cc2)cc1OC. The van der Waals surface area contributed by atoms with Crippen molar-refractivity contribution in [1.29, 1.82) is 0 Å². The van der Waals surface area contributed by atoms with E-state index >= 15 is 0 Å². The monoisotopic (exact) mass is 448 g/mol. The molecule has 4 aromatic rings. The van der Waals surface area contributed by atoms with Gasteiger partial charge >= 0.3 is 6.03 Å². The molecule has 0 aliphatic carbocycles. The number of hydrogen-bond acceptors (Lipinski definition) is 6. The second kappa shape index (κ2) is 9.44. The lowest BCUT2D eigenvalue weighted by molar-refractivity contribution is 0.108. The van der Waals surface area contributed by atoms with Crippen molar-refractivity contribution in [1.82, 2.24) is 14.7 Å². The number of carbonyl (C=O) groups is 2. The van der Waals surface area contributed by atoms with Crippen LogP contribution >= 0.6 is 11.9 Å². The minimum Gasteiger partial charge on any atom is -0.493 e. The fourth-order valence-corrected chi connectivity index (χ4v) is 3.55. The normalized spacial score (nSPS) is 10.6. The van der Waals surface area contributed by atoms with Crippen molar-refractivity contribution in [2.45, 2.75) is 0 Å². The summed E-state index contributed by atoms with van der Waals surface area (Å²) in [7, 11) is 3.01. The number of benzene rings is 3. The van der Waals surface area contributed by atoms with E-state index < -0.39 is 6.03 Å². The van der Waals surface area contributed by atoms with Crippen molar-refractivity contribution in [3.8, 4) is 22.9 Å². The maximum atomic E-state index is 12.4. The number of H-pyrrole nitrogens is 1. The molecule has 1 heterocycles. The Hall–Kier alpha value is -3.98. The van der Waals surface area contributed by atoms with Crippen molar-refractivity contribution in [2.75, 3.05) is 19.5 Å². The first-order chi connectivity index (χ1) is 15.6. The quantitative estimate of drug-likeness (QED) is 0.377. The first-order valence-corrected chi connectivity index (χ1v) is 10.4. The molecule has 0 saturated heterocycles. The predicted molar refractivity (Wildman–Crippen MR) is 125 cm³/mol. The van der Waals surface area contributed by atoms with Crippen molar-refractivity contribution in [3.63, 3.8) is 0 Å². The molecule has 0 unspecified atom stereocenters. The zero-order valence-electron chi connectivity index (χ0n) is 17.3. The van der Waals surface area contributed by atoms with Crippen LogP contribution in [0.4, 0.5) is 10.5 Å². The molecule has 32 heavy (non-hydrogen) atoms. The smallest absolute Gasteiger partial charge is 0.329 e. The molecule has 4 rings (SSSR count). The zero-order valence-corrected chi connectivity index (χ0v) is 18.2. The van der Waals surface area contributed by atoms with Gasteiger partial charge in [-0.2, -0.15) is 0 Å². The van der Waals surface area contributed by atoms with E-state index in [1.165, 1.54) is 14.2 Å². The van der Waals surface area contributed by atoms with E-state index in [-0.39, 0.29) is 5.12 Å². The van der Waals surface area contributed by atoms with Gasteiger partial charge in [0.2, 0.25) is 5.12 Å². The van der Waals surface area contributed by atoms with Gasteiger partial charge < -0.3 is 19.8 Å². The summed E-state index contributed by atoms with van der Waals surface area (Å²) in [5.41, 5.74) is 3.70. The van der Waals surface area contributed by atoms with Gasteiger partial charge in [0.15, 0.2) is 11.5 Å². The van der Waals surface area contributed by atoms with Crippen molar-refractivity contribution >= 4 is 39.8 Å². The van der Waals surface area contributed by atoms with E-state index in [4.69, 9.17) is 9.47 Å². The molecule has 0 aliphatic rings. The third kappa shape index (κ3) is 4.68. The van der Waals surface area contributed by atoms with Gasteiger partial charge in [0.25, 0.3) is 0 Å². The van der Waals surface area contributed by atoms with Gasteiger partial charge in [0.05, 0.1) is 25.3 Å². The summed E-state index contributed by atoms with van der Waals surface area (Å²) in [6.07, 6.45) is 0. The Morgan fingerprint density at radius 2 is 1.69 bits per heavy atom. The van der Waals surface area contributed by atoms with Crippen LogP contribution in [0.3, 0.4) is 0 Å². The lowest BCUT2D eigenvalue weighted by atomic mass is 10.2. The number of carbonyl (C=O) groups excluding carboxylic acids is 2. The van der Waals surface area contributed by atoms with E-state index in [9.17, 15) is 9.59 Å². The Morgan fingerprint density at radius 3 is 2.41 bits per heavy atom. The molecule has 3 N–H and O–H groups in total. The molecule has 8 nitrogen and oxygen atoms in total. The van der Waals surface area contributed by atoms with Gasteiger partial charge in [-0.25, -0.2) is 9.78 Å². The maximum Gasteiger partial charge on any atom is 0.329 e. The van der Waals surface area contributed by atoms with E-state index in [2.05, 4.69) is 20.0 Å². The number of rotatable bonds is 5. The first-order valence-electron chi connectivity index (χ1n) is 9.63. The van der Waals surface area contributed by atoms with Crippen LogP contribution in [0.25, 0.3) is 22.4 Å². The van der Waals surface area contributed by atoms with Crippen LogP contribution in [0, 0.1) is 0 Å². The second-order valence-corrected chi connectivity index (χ2v) is 7.47. The molecule has 162 valence electrons. The number of nitrogens with zero attached hydrogens (tertiary/aromatic N) is 1. The molecule has 0 fully saturated rings. The summed E-state index contributed by atoms with van der Waals surface area (Å²) in [4.78, 5) is 32.4. The van der Waals surface area contributed by atoms with Crippen LogP contribution in [0.1, 0.15) is 10.4 Å². The Kier molecular flexibility index (Phi) is 6.27. The molecule has 0 saturated carbocycles. The molecule has 0 spiro atoms. The number of hydrogen-bond donors (Lipinski definition) is 3. The number of fused-ring (bicyclic) bond motifs is 1. The van der Waals surface area contributed by atoms with Crippen molar-refractivity contribution < 1.29 is 19.1 Å². The van der Waals surface area contributed by atoms with Crippen LogP contribution in [0.2, 0.25) is 0 Å². The second-order valence-electron chi connectivity index (χ2n) is 6.70. The Labute approximate surface area is 188 Å². The number of ether oxygens (including phenoxy) is 2. The summed E-state index contributed by atoms with van der Waals surface area (Å²) in [5.74, 6) is 1.71. The number of para-hydroxylation sites is 2. The highest BCUT2D eigenvalue weighted by Gasteiger charge is 2.13. The zero-order chi connectivity index (χ0) is 22.5. The van der Waals surface area contributed by atoms with Crippen LogP contribution in [0.15, 0.2) is 66.7 Å². The van der Waals surface area contributed by atoms with Gasteiger partial charge in [0.1, 0.15) is 5.82 Å². The highest BCUT2D eigenvalue weighted by atomic mass is 32.2. The number of nitrogens with one attached hydrogen (secondary N) is 3. The molecule has 0 aliphatic heterocycles. The molecule has 0 atom stereocenters. The third-order valence-corrected chi connectivity index (χ3v) is 5.37. The highest BCUT2D eigenvalue weighted by molar-refractivity contribution is 8.12. The summed E-state index contributed by atoms with van der Waals surface area (Å²) in [5, 5.41) is 2.36. The first kappa shape index (κ1) is 21.3. The van der Waals surface area contributed by atoms with Crippen molar-refractivity contribution in [3.05, 3.63) is 72.3 Å². The van der Waals surface area contributed by atoms with E-state index in [1.54, 1.807) is 30.3 Å². The minimum absolute atomic E-state index is 0.332. The average Bonchev–Trinajstić information content (AvgIpc) is 3.27. The van der Waals surface area contributed by atoms with Crippen LogP contribution in [0.5, 0.6) is 11.5 Å². The summed E-state index contributed by atoms with van der Waals surface area (Å²) >= 11 is 0.680. The van der Waals surface area contributed by atoms with Crippen LogP contribution in [-0.2, 0) is 0 Å². The van der Waals surface area contributed by atoms with Gasteiger partial charge in [0, 0.05) is 28.8 Å². The van der Waals surface area contributed by atoms with Crippen molar-refractivity contribution in [2.24, 2.45) is 0 Å². The standard InChI is InChI=1S/C23H20N4O4S/c1-30-19-12-9-15(13-20(19)31-2)22(28)32-27-23(29)24-16-10-7-14(8-11-16)21-25-17-5-3-4-6-18(17)26-21/h3-13H,1-2H3,(H,25,26)(H2,24,27,29). The molecule has 3 aromatic carbocycles. The van der Waals surface area contributed by atoms with Crippen LogP contribution < -0.4 is 19.5 Å². The fourth-order valence-electron chi connectivity index (χ4n) is 3.07. The molecule has 2 amide bonds. The van der Waals surface area contributed by atoms with E-state index in [1.807, 2.05) is 36.4 Å². The minimum atomic E-state index is -0.514. The molecule has 9 heteroatoms. The number of anilines is 1. The number of aromatic amines is 1. The van der Waals surface area contributed by atoms with Gasteiger partial charge in [-0.05, 0) is 54.6 Å². The van der Waals surface area contributed by atoms with E-state index in [0.29, 0.717) is 34.7 Å². The molecule has 0 bridgehead atoms. The summed E-state index contributed by atoms with van der Waals surface area (Å²) < 4.78 is 12.8. The topological polar surface area (TPSA) is 105 Å². The third-order valence-electron chi connectivity index (χ3n) is 4.66. The summed E-state index contributed by atoms with van der Waals surface area (Å²) in [6, 6.07) is 19.3. The van der Waals surface area contributed by atoms with Gasteiger partial charge in [-0.15, -0.1) is 0 Å². The Bertz CT molecular complexity index is 1240. The molecule has 0 radical (unpaired) electrons. The fraction of sp³-hybridized carbons (Fsp3) is 0.0870. The number of aromatic nitrogens is 2. The molecular weight excluding hydrogens is 428 g/mol. The number of methoxy groups -OCH3 is 2. The summed E-state index contributed by atoms with van der Waals surface area (Å²) in [6.45, 7) is 0. The number of urea groups is 1. The average molecular weight is 449 g/mol. The lowest BCUT2D eigenvalue weighted by Gasteiger charge is -2.09. The maximum absolute atomic E-state index is 12.4. The predicted octanol–water partition coefficient (Wildman–Crippen LogP) is 4.86. The Morgan fingerprint density at radius 1 is 0.938 bits per heavy atom. The highest BCUT2D eigenvalue weighted by Crippen LogP contribution is 2.28. The Balaban J connectivity index is 1.34. The lowest BCUT2D eigenvalue weighted by Crippen LogP contribution is -2.24. The van der Waals surface area contributed by atoms with E-state index in [0.717, 1.165) is 22.4 Å².